The molecule has 0 saturated heterocycles. The number of ether oxygens (including phenoxy) is 2. The molecule has 0 bridgehead atoms. The van der Waals surface area contributed by atoms with Gasteiger partial charge in [-0.25, -0.2) is 13.5 Å². The molecule has 0 spiro atoms. The van der Waals surface area contributed by atoms with Gasteiger partial charge in [-0.05, 0) is 59.7 Å². The Labute approximate surface area is 252 Å². The average Bonchev–Trinajstić information content (AvgIpc) is 3.58. The number of benzene rings is 3. The minimum atomic E-state index is -0.450. The van der Waals surface area contributed by atoms with Crippen molar-refractivity contribution in [2.75, 3.05) is 24.0 Å². The highest BCUT2D eigenvalue weighted by molar-refractivity contribution is 8.00. The number of thioether (sulfide) groups is 1. The average molecular weight is 605 g/mol. The van der Waals surface area contributed by atoms with Crippen molar-refractivity contribution in [1.29, 1.82) is 0 Å². The minimum absolute atomic E-state index is 0.103. The van der Waals surface area contributed by atoms with Gasteiger partial charge in [0.1, 0.15) is 24.0 Å². The van der Waals surface area contributed by atoms with Crippen LogP contribution in [0.3, 0.4) is 0 Å². The second-order valence-corrected chi connectivity index (χ2v) is 12.5. The Hall–Kier alpha value is -4.38. The lowest BCUT2D eigenvalue weighted by molar-refractivity contribution is -0.123. The summed E-state index contributed by atoms with van der Waals surface area (Å²) in [6.07, 6.45) is 0. The van der Waals surface area contributed by atoms with Crippen LogP contribution in [0.1, 0.15) is 48.4 Å². The molecule has 0 unspecified atom stereocenters. The first-order chi connectivity index (χ1) is 20.6. The summed E-state index contributed by atoms with van der Waals surface area (Å²) in [7, 11) is 0. The molecule has 2 aliphatic rings. The number of anilines is 1. The SMILES string of the molecule is CC(C)(C)c1nn(-c2ccc(F)cc2)c2c1[C@@H](c1ccc3c(c1)OCO3)SCC(=O)N2CC(=O)NCc1ccc(F)cc1. The molecule has 222 valence electrons. The van der Waals surface area contributed by atoms with Gasteiger partial charge in [-0.1, -0.05) is 39.0 Å². The summed E-state index contributed by atoms with van der Waals surface area (Å²) >= 11 is 1.45. The van der Waals surface area contributed by atoms with Gasteiger partial charge >= 0.3 is 0 Å². The van der Waals surface area contributed by atoms with Crippen molar-refractivity contribution >= 4 is 29.4 Å². The van der Waals surface area contributed by atoms with E-state index < -0.39 is 11.2 Å². The molecule has 2 aliphatic heterocycles. The van der Waals surface area contributed by atoms with Crippen LogP contribution in [0.15, 0.2) is 66.7 Å². The van der Waals surface area contributed by atoms with Crippen molar-refractivity contribution in [3.05, 3.63) is 101 Å². The third-order valence-electron chi connectivity index (χ3n) is 7.27. The molecule has 11 heteroatoms. The van der Waals surface area contributed by atoms with Crippen LogP contribution in [0.5, 0.6) is 11.5 Å². The molecule has 3 heterocycles. The van der Waals surface area contributed by atoms with Gasteiger partial charge in [0.2, 0.25) is 18.6 Å². The number of rotatable bonds is 6. The fourth-order valence-electron chi connectivity index (χ4n) is 5.18. The Morgan fingerprint density at radius 1 is 1.00 bits per heavy atom. The van der Waals surface area contributed by atoms with Crippen molar-refractivity contribution in [1.82, 2.24) is 15.1 Å². The second-order valence-electron chi connectivity index (χ2n) is 11.4. The van der Waals surface area contributed by atoms with E-state index in [1.54, 1.807) is 28.9 Å². The van der Waals surface area contributed by atoms with Crippen LogP contribution in [0.25, 0.3) is 5.69 Å². The Bertz CT molecular complexity index is 1680. The minimum Gasteiger partial charge on any atom is -0.454 e. The molecule has 0 aliphatic carbocycles. The Balaban J connectivity index is 1.46. The largest absolute Gasteiger partial charge is 0.454 e. The zero-order valence-electron chi connectivity index (χ0n) is 23.9. The number of fused-ring (bicyclic) bond motifs is 2. The molecule has 0 fully saturated rings. The van der Waals surface area contributed by atoms with Crippen molar-refractivity contribution in [2.24, 2.45) is 0 Å². The van der Waals surface area contributed by atoms with Gasteiger partial charge in [-0.15, -0.1) is 11.8 Å². The summed E-state index contributed by atoms with van der Waals surface area (Å²) in [5.41, 5.74) is 3.26. The Kier molecular flexibility index (Phi) is 7.59. The summed E-state index contributed by atoms with van der Waals surface area (Å²) in [4.78, 5) is 28.6. The number of carbonyl (C=O) groups excluding carboxylic acids is 2. The Morgan fingerprint density at radius 2 is 1.67 bits per heavy atom. The molecule has 6 rings (SSSR count). The first kappa shape index (κ1) is 28.7. The van der Waals surface area contributed by atoms with E-state index in [0.717, 1.165) is 22.4 Å². The predicted molar refractivity (Wildman–Crippen MR) is 160 cm³/mol. The van der Waals surface area contributed by atoms with Gasteiger partial charge in [0.15, 0.2) is 11.5 Å². The molecule has 2 amide bonds. The molecule has 8 nitrogen and oxygen atoms in total. The van der Waals surface area contributed by atoms with Gasteiger partial charge in [-0.3, -0.25) is 14.5 Å². The number of amides is 2. The quantitative estimate of drug-likeness (QED) is 0.306. The lowest BCUT2D eigenvalue weighted by atomic mass is 9.87. The van der Waals surface area contributed by atoms with Crippen LogP contribution < -0.4 is 19.7 Å². The molecule has 1 aromatic heterocycles. The number of nitrogens with zero attached hydrogens (tertiary/aromatic N) is 3. The van der Waals surface area contributed by atoms with E-state index in [4.69, 9.17) is 14.6 Å². The third kappa shape index (κ3) is 5.81. The van der Waals surface area contributed by atoms with Crippen molar-refractivity contribution in [3.8, 4) is 17.2 Å². The van der Waals surface area contributed by atoms with E-state index >= 15 is 0 Å². The van der Waals surface area contributed by atoms with Crippen LogP contribution >= 0.6 is 11.8 Å². The van der Waals surface area contributed by atoms with Crippen molar-refractivity contribution < 1.29 is 27.8 Å². The molecule has 0 radical (unpaired) electrons. The molecule has 3 aromatic carbocycles. The highest BCUT2D eigenvalue weighted by atomic mass is 32.2. The zero-order chi connectivity index (χ0) is 30.3. The van der Waals surface area contributed by atoms with Gasteiger partial charge in [-0.2, -0.15) is 5.10 Å². The lowest BCUT2D eigenvalue weighted by Gasteiger charge is -2.24. The number of hydrogen-bond acceptors (Lipinski definition) is 6. The number of nitrogens with one attached hydrogen (secondary N) is 1. The molecule has 0 saturated carbocycles. The fraction of sp³-hybridized carbons (Fsp3) is 0.281. The summed E-state index contributed by atoms with van der Waals surface area (Å²) in [5, 5.41) is 7.52. The normalized spacial score (nSPS) is 16.2. The molecular weight excluding hydrogens is 574 g/mol. The topological polar surface area (TPSA) is 85.7 Å². The van der Waals surface area contributed by atoms with Crippen LogP contribution in [-0.4, -0.2) is 40.7 Å². The monoisotopic (exact) mass is 604 g/mol. The number of hydrogen-bond donors (Lipinski definition) is 1. The van der Waals surface area contributed by atoms with E-state index in [0.29, 0.717) is 23.0 Å². The second kappa shape index (κ2) is 11.4. The van der Waals surface area contributed by atoms with Crippen LogP contribution in [0, 0.1) is 11.6 Å². The number of carbonyl (C=O) groups is 2. The van der Waals surface area contributed by atoms with E-state index in [-0.39, 0.29) is 48.5 Å². The standard InChI is InChI=1S/C32H30F2N4O4S/c1-32(2,3)30-28-29(20-6-13-24-25(14-20)42-18-41-24)43-17-27(40)37(16-26(39)35-15-19-4-7-21(33)8-5-19)31(28)38(36-30)23-11-9-22(34)10-12-23/h4-14,29H,15-18H2,1-3H3,(H,35,39)/t29-/m1/s1. The fourth-order valence-corrected chi connectivity index (χ4v) is 6.37. The highest BCUT2D eigenvalue weighted by Crippen LogP contribution is 2.49. The summed E-state index contributed by atoms with van der Waals surface area (Å²) in [6, 6.07) is 17.4. The van der Waals surface area contributed by atoms with E-state index in [1.807, 2.05) is 39.0 Å². The smallest absolute Gasteiger partial charge is 0.240 e. The van der Waals surface area contributed by atoms with Crippen LogP contribution in [0.4, 0.5) is 14.6 Å². The number of halogens is 2. The molecule has 4 aromatic rings. The highest BCUT2D eigenvalue weighted by Gasteiger charge is 2.40. The zero-order valence-corrected chi connectivity index (χ0v) is 24.7. The molecule has 1 atom stereocenters. The van der Waals surface area contributed by atoms with Crippen LogP contribution in [-0.2, 0) is 21.5 Å². The first-order valence-corrected chi connectivity index (χ1v) is 14.9. The van der Waals surface area contributed by atoms with Gasteiger partial charge in [0.25, 0.3) is 0 Å². The predicted octanol–water partition coefficient (Wildman–Crippen LogP) is 5.66. The van der Waals surface area contributed by atoms with Crippen molar-refractivity contribution in [2.45, 2.75) is 38.0 Å². The maximum absolute atomic E-state index is 14.0. The van der Waals surface area contributed by atoms with E-state index in [9.17, 15) is 18.4 Å². The molecular formula is C32H30F2N4O4S. The molecule has 43 heavy (non-hydrogen) atoms. The maximum atomic E-state index is 14.0. The van der Waals surface area contributed by atoms with Gasteiger partial charge in [0.05, 0.1) is 22.4 Å². The van der Waals surface area contributed by atoms with E-state index in [2.05, 4.69) is 5.32 Å². The maximum Gasteiger partial charge on any atom is 0.240 e. The summed E-state index contributed by atoms with van der Waals surface area (Å²) in [5.74, 6) is 0.398. The third-order valence-corrected chi connectivity index (χ3v) is 8.53. The van der Waals surface area contributed by atoms with Crippen LogP contribution in [0.2, 0.25) is 0 Å². The summed E-state index contributed by atoms with van der Waals surface area (Å²) in [6.45, 7) is 6.16. The van der Waals surface area contributed by atoms with Gasteiger partial charge < -0.3 is 14.8 Å². The first-order valence-electron chi connectivity index (χ1n) is 13.8. The van der Waals surface area contributed by atoms with Crippen molar-refractivity contribution in [3.63, 3.8) is 0 Å². The summed E-state index contributed by atoms with van der Waals surface area (Å²) < 4.78 is 40.1. The Morgan fingerprint density at radius 3 is 2.37 bits per heavy atom. The van der Waals surface area contributed by atoms with Gasteiger partial charge in [0, 0.05) is 17.5 Å². The molecule has 1 N–H and O–H groups in total. The number of aromatic nitrogens is 2. The lowest BCUT2D eigenvalue weighted by Crippen LogP contribution is -2.42. The van der Waals surface area contributed by atoms with E-state index in [1.165, 1.54) is 40.9 Å².